The number of fused-ring (bicyclic) bond motifs is 3. The smallest absolute Gasteiger partial charge is 0.322 e. The Bertz CT molecular complexity index is 1340. The molecule has 1 fully saturated rings. The molecule has 3 atom stereocenters. The van der Waals surface area contributed by atoms with E-state index in [2.05, 4.69) is 16.3 Å². The predicted molar refractivity (Wildman–Crippen MR) is 142 cm³/mol. The van der Waals surface area contributed by atoms with Gasteiger partial charge in [0, 0.05) is 50.5 Å². The van der Waals surface area contributed by atoms with Gasteiger partial charge in [0.1, 0.15) is 5.82 Å². The Morgan fingerprint density at radius 1 is 1.05 bits per heavy atom. The molecule has 3 aromatic carbocycles. The van der Waals surface area contributed by atoms with Gasteiger partial charge in [0.2, 0.25) is 0 Å². The third kappa shape index (κ3) is 4.53. The number of amides is 3. The summed E-state index contributed by atoms with van der Waals surface area (Å²) < 4.78 is 13.7. The lowest BCUT2D eigenvalue weighted by atomic mass is 9.81. The highest BCUT2D eigenvalue weighted by atomic mass is 19.1. The fraction of sp³-hybridized carbons (Fsp3) is 0.310. The number of likely N-dealkylation sites (N-methyl/N-ethyl adjacent to an activating group) is 1. The van der Waals surface area contributed by atoms with Crippen molar-refractivity contribution in [1.29, 1.82) is 0 Å². The summed E-state index contributed by atoms with van der Waals surface area (Å²) in [7, 11) is 5.43. The Morgan fingerprint density at radius 2 is 1.81 bits per heavy atom. The first-order chi connectivity index (χ1) is 17.8. The molecule has 1 saturated heterocycles. The van der Waals surface area contributed by atoms with Crippen LogP contribution in [0, 0.1) is 11.7 Å². The maximum atomic E-state index is 13.7. The summed E-state index contributed by atoms with van der Waals surface area (Å²) in [5.41, 5.74) is 4.80. The fourth-order valence-corrected chi connectivity index (χ4v) is 5.71. The largest absolute Gasteiger partial charge is 0.394 e. The van der Waals surface area contributed by atoms with E-state index in [4.69, 9.17) is 0 Å². The highest BCUT2D eigenvalue weighted by Gasteiger charge is 2.47. The summed E-state index contributed by atoms with van der Waals surface area (Å²) in [6.45, 7) is 0.504. The van der Waals surface area contributed by atoms with Crippen LogP contribution in [0.3, 0.4) is 0 Å². The molecule has 2 aliphatic rings. The van der Waals surface area contributed by atoms with Crippen molar-refractivity contribution in [3.8, 4) is 11.1 Å². The monoisotopic (exact) mass is 502 g/mol. The van der Waals surface area contributed by atoms with Crippen LogP contribution in [0.5, 0.6) is 0 Å². The normalized spacial score (nSPS) is 20.3. The SMILES string of the molecule is CN(C)C(=O)c1cccc(-c2ccc3c(c2)[C@H]2[C@H](CCN2C(=O)Nc2cccc(F)c2)[C@H](CO)N3C)c1. The van der Waals surface area contributed by atoms with Gasteiger partial charge in [0.05, 0.1) is 18.7 Å². The van der Waals surface area contributed by atoms with Crippen LogP contribution in [0.25, 0.3) is 11.1 Å². The highest BCUT2D eigenvalue weighted by molar-refractivity contribution is 5.95. The Labute approximate surface area is 216 Å². The van der Waals surface area contributed by atoms with Crippen LogP contribution in [-0.2, 0) is 0 Å². The number of aliphatic hydroxyl groups excluding tert-OH is 1. The molecule has 2 N–H and O–H groups in total. The first kappa shape index (κ1) is 24.8. The topological polar surface area (TPSA) is 76.1 Å². The van der Waals surface area contributed by atoms with Crippen molar-refractivity contribution in [3.63, 3.8) is 0 Å². The maximum absolute atomic E-state index is 13.7. The minimum atomic E-state index is -0.415. The lowest BCUT2D eigenvalue weighted by molar-refractivity contribution is 0.0827. The van der Waals surface area contributed by atoms with Crippen molar-refractivity contribution in [2.45, 2.75) is 18.5 Å². The summed E-state index contributed by atoms with van der Waals surface area (Å²) in [6, 6.07) is 18.8. The quantitative estimate of drug-likeness (QED) is 0.547. The number of hydrogen-bond acceptors (Lipinski definition) is 4. The van der Waals surface area contributed by atoms with E-state index < -0.39 is 5.82 Å². The van der Waals surface area contributed by atoms with Gasteiger partial charge in [-0.3, -0.25) is 4.79 Å². The number of aliphatic hydroxyl groups is 1. The van der Waals surface area contributed by atoms with E-state index in [1.807, 2.05) is 37.4 Å². The van der Waals surface area contributed by atoms with Crippen molar-refractivity contribution in [3.05, 3.63) is 83.7 Å². The van der Waals surface area contributed by atoms with Gasteiger partial charge in [0.15, 0.2) is 0 Å². The second-order valence-electron chi connectivity index (χ2n) is 9.95. The van der Waals surface area contributed by atoms with E-state index in [1.54, 1.807) is 42.1 Å². The molecule has 3 aromatic rings. The van der Waals surface area contributed by atoms with Gasteiger partial charge < -0.3 is 25.1 Å². The number of anilines is 2. The molecule has 0 unspecified atom stereocenters. The zero-order valence-electron chi connectivity index (χ0n) is 21.2. The molecule has 192 valence electrons. The van der Waals surface area contributed by atoms with Crippen molar-refractivity contribution < 1.29 is 19.1 Å². The van der Waals surface area contributed by atoms with Crippen LogP contribution in [0.15, 0.2) is 66.7 Å². The van der Waals surface area contributed by atoms with E-state index in [0.29, 0.717) is 17.8 Å². The van der Waals surface area contributed by atoms with Crippen LogP contribution in [0.1, 0.15) is 28.4 Å². The van der Waals surface area contributed by atoms with Crippen LogP contribution in [0.2, 0.25) is 0 Å². The third-order valence-electron chi connectivity index (χ3n) is 7.54. The minimum absolute atomic E-state index is 0.0209. The standard InChI is InChI=1S/C29H31FN4O3/c1-32(2)28(36)20-7-4-6-18(14-20)19-10-11-25-24(15-19)27-23(26(17-35)33(25)3)12-13-34(27)29(37)31-22-9-5-8-21(30)16-22/h4-11,14-16,23,26-27,35H,12-13,17H2,1-3H3,(H,31,37)/t23-,26+,27-/m1/s1. The molecule has 3 amide bonds. The first-order valence-corrected chi connectivity index (χ1v) is 12.4. The predicted octanol–water partition coefficient (Wildman–Crippen LogP) is 4.60. The summed E-state index contributed by atoms with van der Waals surface area (Å²) >= 11 is 0. The summed E-state index contributed by atoms with van der Waals surface area (Å²) in [5, 5.41) is 13.1. The molecule has 0 spiro atoms. The average Bonchev–Trinajstić information content (AvgIpc) is 3.33. The molecule has 2 aliphatic heterocycles. The van der Waals surface area contributed by atoms with Crippen molar-refractivity contribution in [2.24, 2.45) is 5.92 Å². The summed E-state index contributed by atoms with van der Waals surface area (Å²) in [4.78, 5) is 31.4. The number of halogens is 1. The van der Waals surface area contributed by atoms with E-state index in [9.17, 15) is 19.1 Å². The molecule has 0 aliphatic carbocycles. The molecule has 37 heavy (non-hydrogen) atoms. The molecule has 0 aromatic heterocycles. The molecule has 2 heterocycles. The first-order valence-electron chi connectivity index (χ1n) is 12.4. The van der Waals surface area contributed by atoms with E-state index in [0.717, 1.165) is 28.8 Å². The Morgan fingerprint density at radius 3 is 2.54 bits per heavy atom. The lowest BCUT2D eigenvalue weighted by Crippen LogP contribution is -2.48. The van der Waals surface area contributed by atoms with Crippen molar-refractivity contribution in [1.82, 2.24) is 9.80 Å². The third-order valence-corrected chi connectivity index (χ3v) is 7.54. The van der Waals surface area contributed by atoms with Crippen molar-refractivity contribution in [2.75, 3.05) is 44.5 Å². The number of carbonyl (C=O) groups is 2. The van der Waals surface area contributed by atoms with Crippen LogP contribution in [0.4, 0.5) is 20.6 Å². The molecule has 5 rings (SSSR count). The van der Waals surface area contributed by atoms with Gasteiger partial charge in [0.25, 0.3) is 5.91 Å². The Hall–Kier alpha value is -3.91. The van der Waals surface area contributed by atoms with E-state index in [-0.39, 0.29) is 36.5 Å². The van der Waals surface area contributed by atoms with Gasteiger partial charge >= 0.3 is 6.03 Å². The van der Waals surface area contributed by atoms with Crippen molar-refractivity contribution >= 4 is 23.3 Å². The molecule has 0 bridgehead atoms. The summed E-state index contributed by atoms with van der Waals surface area (Å²) in [6.07, 6.45) is 0.743. The molecule has 8 heteroatoms. The average molecular weight is 503 g/mol. The fourth-order valence-electron chi connectivity index (χ4n) is 5.71. The molecular weight excluding hydrogens is 471 g/mol. The highest BCUT2D eigenvalue weighted by Crippen LogP contribution is 2.49. The van der Waals surface area contributed by atoms with Gasteiger partial charge in [-0.15, -0.1) is 0 Å². The number of likely N-dealkylation sites (tertiary alicyclic amines) is 1. The zero-order chi connectivity index (χ0) is 26.3. The van der Waals surface area contributed by atoms with E-state index in [1.165, 1.54) is 12.1 Å². The minimum Gasteiger partial charge on any atom is -0.394 e. The number of hydrogen-bond donors (Lipinski definition) is 2. The lowest BCUT2D eigenvalue weighted by Gasteiger charge is -2.44. The molecular formula is C29H31FN4O3. The number of nitrogens with zero attached hydrogens (tertiary/aromatic N) is 3. The van der Waals surface area contributed by atoms with E-state index >= 15 is 0 Å². The number of benzene rings is 3. The second kappa shape index (κ2) is 9.86. The zero-order valence-corrected chi connectivity index (χ0v) is 21.2. The molecule has 0 saturated carbocycles. The van der Waals surface area contributed by atoms with Gasteiger partial charge in [-0.1, -0.05) is 24.3 Å². The van der Waals surface area contributed by atoms with Gasteiger partial charge in [-0.25, -0.2) is 9.18 Å². The van der Waals surface area contributed by atoms with Gasteiger partial charge in [-0.2, -0.15) is 0 Å². The molecule has 7 nitrogen and oxygen atoms in total. The number of rotatable bonds is 4. The molecule has 0 radical (unpaired) electrons. The summed E-state index contributed by atoms with van der Waals surface area (Å²) in [5.74, 6) is -0.444. The second-order valence-corrected chi connectivity index (χ2v) is 9.95. The van der Waals surface area contributed by atoms with Crippen LogP contribution in [-0.4, -0.2) is 67.2 Å². The number of carbonyl (C=O) groups excluding carboxylic acids is 2. The maximum Gasteiger partial charge on any atom is 0.322 e. The van der Waals surface area contributed by atoms with Crippen LogP contribution >= 0.6 is 0 Å². The van der Waals surface area contributed by atoms with Crippen LogP contribution < -0.4 is 10.2 Å². The Kier molecular flexibility index (Phi) is 6.60. The van der Waals surface area contributed by atoms with Gasteiger partial charge in [-0.05, 0) is 65.6 Å². The Balaban J connectivity index is 1.53. The number of urea groups is 1. The number of nitrogens with one attached hydrogen (secondary N) is 1.